The fraction of sp³-hybridized carbons (Fsp3) is 0.588. The maximum Gasteiger partial charge on any atom is 0.235 e. The number of likely N-dealkylation sites (tertiary alicyclic amines) is 1. The number of carbonyl (C=O) groups excluding carboxylic acids is 1. The van der Waals surface area contributed by atoms with Gasteiger partial charge < -0.3 is 13.9 Å². The molecule has 130 valence electrons. The van der Waals surface area contributed by atoms with Gasteiger partial charge in [0, 0.05) is 20.1 Å². The SMILES string of the molecule is Cc1occc1-c1nnc(S[C@@H](C)C(=O)N2CCCCCC2)n1C. The van der Waals surface area contributed by atoms with E-state index in [1.54, 1.807) is 6.26 Å². The van der Waals surface area contributed by atoms with Gasteiger partial charge in [-0.15, -0.1) is 10.2 Å². The normalized spacial score (nSPS) is 16.9. The molecule has 1 amide bonds. The zero-order chi connectivity index (χ0) is 17.1. The van der Waals surface area contributed by atoms with Gasteiger partial charge in [0.05, 0.1) is 17.1 Å². The van der Waals surface area contributed by atoms with Gasteiger partial charge >= 0.3 is 0 Å². The number of thioether (sulfide) groups is 1. The third-order valence-electron chi connectivity index (χ3n) is 4.48. The molecule has 7 heteroatoms. The molecule has 0 aliphatic carbocycles. The first kappa shape index (κ1) is 17.1. The highest BCUT2D eigenvalue weighted by Gasteiger charge is 2.25. The summed E-state index contributed by atoms with van der Waals surface area (Å²) >= 11 is 1.47. The molecule has 0 unspecified atom stereocenters. The van der Waals surface area contributed by atoms with E-state index in [1.807, 2.05) is 36.4 Å². The molecule has 6 nitrogen and oxygen atoms in total. The van der Waals surface area contributed by atoms with Gasteiger partial charge in [-0.2, -0.15) is 0 Å². The van der Waals surface area contributed by atoms with Crippen LogP contribution in [-0.2, 0) is 11.8 Å². The summed E-state index contributed by atoms with van der Waals surface area (Å²) in [5.41, 5.74) is 0.934. The third kappa shape index (κ3) is 3.50. The van der Waals surface area contributed by atoms with Crippen molar-refractivity contribution in [2.24, 2.45) is 7.05 Å². The van der Waals surface area contributed by atoms with Crippen LogP contribution < -0.4 is 0 Å². The summed E-state index contributed by atoms with van der Waals surface area (Å²) in [4.78, 5) is 14.7. The molecule has 0 radical (unpaired) electrons. The van der Waals surface area contributed by atoms with Gasteiger partial charge in [0.25, 0.3) is 0 Å². The fourth-order valence-electron chi connectivity index (χ4n) is 3.03. The van der Waals surface area contributed by atoms with Crippen LogP contribution in [0.25, 0.3) is 11.4 Å². The van der Waals surface area contributed by atoms with Gasteiger partial charge in [-0.1, -0.05) is 24.6 Å². The van der Waals surface area contributed by atoms with Crippen molar-refractivity contribution in [2.45, 2.75) is 49.9 Å². The summed E-state index contributed by atoms with van der Waals surface area (Å²) in [5, 5.41) is 9.12. The second-order valence-electron chi connectivity index (χ2n) is 6.26. The molecule has 2 aromatic rings. The summed E-state index contributed by atoms with van der Waals surface area (Å²) < 4.78 is 7.27. The topological polar surface area (TPSA) is 64.2 Å². The Labute approximate surface area is 146 Å². The maximum atomic E-state index is 12.7. The Morgan fingerprint density at radius 1 is 1.25 bits per heavy atom. The van der Waals surface area contributed by atoms with E-state index < -0.39 is 0 Å². The highest BCUT2D eigenvalue weighted by molar-refractivity contribution is 8.00. The van der Waals surface area contributed by atoms with E-state index in [9.17, 15) is 4.79 Å². The molecule has 1 fully saturated rings. The second kappa shape index (κ2) is 7.42. The minimum atomic E-state index is -0.163. The number of rotatable bonds is 4. The monoisotopic (exact) mass is 348 g/mol. The van der Waals surface area contributed by atoms with E-state index in [2.05, 4.69) is 10.2 Å². The van der Waals surface area contributed by atoms with Crippen molar-refractivity contribution in [3.05, 3.63) is 18.1 Å². The maximum absolute atomic E-state index is 12.7. The number of hydrogen-bond acceptors (Lipinski definition) is 5. The summed E-state index contributed by atoms with van der Waals surface area (Å²) in [6, 6.07) is 1.89. The lowest BCUT2D eigenvalue weighted by Crippen LogP contribution is -2.37. The van der Waals surface area contributed by atoms with Crippen molar-refractivity contribution in [2.75, 3.05) is 13.1 Å². The van der Waals surface area contributed by atoms with Crippen LogP contribution in [0.15, 0.2) is 21.9 Å². The molecule has 1 aliphatic heterocycles. The van der Waals surface area contributed by atoms with Crippen molar-refractivity contribution < 1.29 is 9.21 Å². The van der Waals surface area contributed by atoms with Gasteiger partial charge in [-0.3, -0.25) is 4.79 Å². The van der Waals surface area contributed by atoms with Crippen LogP contribution in [0.1, 0.15) is 38.4 Å². The van der Waals surface area contributed by atoms with Crippen molar-refractivity contribution in [1.29, 1.82) is 0 Å². The van der Waals surface area contributed by atoms with E-state index in [0.717, 1.165) is 48.2 Å². The molecule has 0 bridgehead atoms. The molecular weight excluding hydrogens is 324 g/mol. The first-order valence-electron chi connectivity index (χ1n) is 8.47. The average molecular weight is 348 g/mol. The summed E-state index contributed by atoms with van der Waals surface area (Å²) in [7, 11) is 1.92. The minimum absolute atomic E-state index is 0.163. The zero-order valence-corrected chi connectivity index (χ0v) is 15.3. The van der Waals surface area contributed by atoms with Crippen LogP contribution in [0.3, 0.4) is 0 Å². The van der Waals surface area contributed by atoms with E-state index >= 15 is 0 Å². The van der Waals surface area contributed by atoms with Crippen molar-refractivity contribution >= 4 is 17.7 Å². The van der Waals surface area contributed by atoms with Crippen LogP contribution >= 0.6 is 11.8 Å². The molecule has 0 aromatic carbocycles. The van der Waals surface area contributed by atoms with Crippen LogP contribution in [0.4, 0.5) is 0 Å². The number of aromatic nitrogens is 3. The van der Waals surface area contributed by atoms with Crippen LogP contribution in [0, 0.1) is 6.92 Å². The Hall–Kier alpha value is -1.76. The van der Waals surface area contributed by atoms with E-state index in [-0.39, 0.29) is 11.2 Å². The largest absolute Gasteiger partial charge is 0.469 e. The number of furan rings is 1. The van der Waals surface area contributed by atoms with E-state index in [4.69, 9.17) is 4.42 Å². The molecule has 1 atom stereocenters. The summed E-state index contributed by atoms with van der Waals surface area (Å²) in [5.74, 6) is 1.78. The molecule has 0 saturated carbocycles. The molecule has 3 rings (SSSR count). The lowest BCUT2D eigenvalue weighted by atomic mass is 10.2. The Morgan fingerprint density at radius 2 is 1.96 bits per heavy atom. The van der Waals surface area contributed by atoms with E-state index in [0.29, 0.717) is 0 Å². The Kier molecular flexibility index (Phi) is 5.28. The van der Waals surface area contributed by atoms with Crippen LogP contribution in [0.2, 0.25) is 0 Å². The number of carbonyl (C=O) groups is 1. The molecule has 24 heavy (non-hydrogen) atoms. The lowest BCUT2D eigenvalue weighted by Gasteiger charge is -2.23. The number of nitrogens with zero attached hydrogens (tertiary/aromatic N) is 4. The number of hydrogen-bond donors (Lipinski definition) is 0. The molecular formula is C17H24N4O2S. The minimum Gasteiger partial charge on any atom is -0.469 e. The van der Waals surface area contributed by atoms with E-state index in [1.165, 1.54) is 24.6 Å². The molecule has 0 spiro atoms. The highest BCUT2D eigenvalue weighted by atomic mass is 32.2. The number of amides is 1. The van der Waals surface area contributed by atoms with Gasteiger partial charge in [-0.25, -0.2) is 0 Å². The predicted octanol–water partition coefficient (Wildman–Crippen LogP) is 3.27. The van der Waals surface area contributed by atoms with Crippen LogP contribution in [0.5, 0.6) is 0 Å². The highest BCUT2D eigenvalue weighted by Crippen LogP contribution is 2.28. The molecule has 2 aromatic heterocycles. The average Bonchev–Trinajstić information content (AvgIpc) is 3.02. The molecule has 1 aliphatic rings. The third-order valence-corrected chi connectivity index (χ3v) is 5.60. The quantitative estimate of drug-likeness (QED) is 0.794. The van der Waals surface area contributed by atoms with Crippen LogP contribution in [-0.4, -0.2) is 43.9 Å². The molecule has 0 N–H and O–H groups in total. The Bertz CT molecular complexity index is 701. The fourth-order valence-corrected chi connectivity index (χ4v) is 3.92. The second-order valence-corrected chi connectivity index (χ2v) is 7.56. The van der Waals surface area contributed by atoms with Gasteiger partial charge in [-0.05, 0) is 32.8 Å². The zero-order valence-electron chi connectivity index (χ0n) is 14.5. The Balaban J connectivity index is 1.70. The molecule has 3 heterocycles. The lowest BCUT2D eigenvalue weighted by molar-refractivity contribution is -0.130. The predicted molar refractivity (Wildman–Crippen MR) is 93.8 cm³/mol. The molecule has 1 saturated heterocycles. The smallest absolute Gasteiger partial charge is 0.235 e. The van der Waals surface area contributed by atoms with Gasteiger partial charge in [0.2, 0.25) is 5.91 Å². The first-order chi connectivity index (χ1) is 11.6. The summed E-state index contributed by atoms with van der Waals surface area (Å²) in [6.07, 6.45) is 6.32. The van der Waals surface area contributed by atoms with Gasteiger partial charge in [0.1, 0.15) is 5.76 Å². The van der Waals surface area contributed by atoms with Crippen molar-refractivity contribution in [3.8, 4) is 11.4 Å². The number of aryl methyl sites for hydroxylation is 1. The van der Waals surface area contributed by atoms with Crippen molar-refractivity contribution in [3.63, 3.8) is 0 Å². The van der Waals surface area contributed by atoms with Crippen molar-refractivity contribution in [1.82, 2.24) is 19.7 Å². The van der Waals surface area contributed by atoms with Gasteiger partial charge in [0.15, 0.2) is 11.0 Å². The summed E-state index contributed by atoms with van der Waals surface area (Å²) in [6.45, 7) is 5.61. The first-order valence-corrected chi connectivity index (χ1v) is 9.35. The Morgan fingerprint density at radius 3 is 2.58 bits per heavy atom. The standard InChI is InChI=1S/C17H24N4O2S/c1-12-14(8-11-23-12)15-18-19-17(20(15)3)24-13(2)16(22)21-9-6-4-5-7-10-21/h8,11,13H,4-7,9-10H2,1-3H3/t13-/m0/s1.